The van der Waals surface area contributed by atoms with Crippen molar-refractivity contribution in [1.29, 1.82) is 0 Å². The molecule has 2 aromatic carbocycles. The van der Waals surface area contributed by atoms with E-state index in [9.17, 15) is 9.36 Å². The first-order valence-electron chi connectivity index (χ1n) is 6.33. The van der Waals surface area contributed by atoms with E-state index in [0.717, 1.165) is 11.1 Å². The molecule has 0 aliphatic rings. The van der Waals surface area contributed by atoms with Crippen LogP contribution in [0.1, 0.15) is 21.5 Å². The van der Waals surface area contributed by atoms with Gasteiger partial charge in [-0.3, -0.25) is 9.36 Å². The minimum absolute atomic E-state index is 0. The first-order chi connectivity index (χ1) is 9.50. The van der Waals surface area contributed by atoms with E-state index in [1.165, 1.54) is 7.11 Å². The molecule has 5 heteroatoms. The summed E-state index contributed by atoms with van der Waals surface area (Å²) in [6.07, 6.45) is 0. The Morgan fingerprint density at radius 2 is 1.62 bits per heavy atom. The van der Waals surface area contributed by atoms with Gasteiger partial charge in [0.05, 0.1) is 0 Å². The summed E-state index contributed by atoms with van der Waals surface area (Å²) in [5, 5.41) is 0.480. The van der Waals surface area contributed by atoms with Crippen molar-refractivity contribution in [2.45, 2.75) is 13.8 Å². The molecule has 1 atom stereocenters. The van der Waals surface area contributed by atoms with Crippen molar-refractivity contribution in [3.05, 3.63) is 65.2 Å². The Bertz CT molecular complexity index is 683. The minimum atomic E-state index is -3.57. The maximum atomic E-state index is 13.1. The quantitative estimate of drug-likeness (QED) is 0.643. The second-order valence-corrected chi connectivity index (χ2v) is 6.98. The fraction of sp³-hybridized carbons (Fsp3) is 0.188. The molecule has 0 N–H and O–H groups in total. The molecular weight excluding hydrogens is 294 g/mol. The molecule has 0 aliphatic heterocycles. The molecule has 2 aromatic rings. The largest absolute Gasteiger partial charge is 0.323 e. The number of hydrogen-bond acceptors (Lipinski definition) is 3. The second-order valence-electron chi connectivity index (χ2n) is 4.62. The summed E-state index contributed by atoms with van der Waals surface area (Å²) in [5.41, 5.74) is 1.76. The van der Waals surface area contributed by atoms with Gasteiger partial charge in [0.2, 0.25) is 0 Å². The zero-order chi connectivity index (χ0) is 14.8. The average Bonchev–Trinajstić information content (AvgIpc) is 2.49. The molecule has 3 nitrogen and oxygen atoms in total. The van der Waals surface area contributed by atoms with Gasteiger partial charge < -0.3 is 4.52 Å². The van der Waals surface area contributed by atoms with Gasteiger partial charge in [0.15, 0.2) is 0 Å². The first-order valence-corrected chi connectivity index (χ1v) is 7.95. The van der Waals surface area contributed by atoms with E-state index in [1.807, 2.05) is 26.0 Å². The van der Waals surface area contributed by atoms with E-state index in [4.69, 9.17) is 4.52 Å². The summed E-state index contributed by atoms with van der Waals surface area (Å²) in [7, 11) is -2.25. The molecule has 1 unspecified atom stereocenters. The fourth-order valence-corrected chi connectivity index (χ4v) is 4.07. The normalized spacial score (nSPS) is 13.1. The number of hydrogen-bond donors (Lipinski definition) is 0. The number of carbonyl (C=O) groups excluding carboxylic acids is 1. The molecule has 0 amide bonds. The number of carbonyl (C=O) groups is 1. The van der Waals surface area contributed by atoms with Gasteiger partial charge in [-0.05, 0) is 31.0 Å². The first kappa shape index (κ1) is 18.3. The van der Waals surface area contributed by atoms with Crippen LogP contribution in [-0.4, -0.2) is 42.2 Å². The third-order valence-electron chi connectivity index (χ3n) is 3.44. The third-order valence-corrected chi connectivity index (χ3v) is 5.86. The Hall–Kier alpha value is -0.700. The maximum Gasteiger partial charge on any atom is 0.300 e. The smallest absolute Gasteiger partial charge is 0.300 e. The fourth-order valence-electron chi connectivity index (χ4n) is 2.10. The predicted molar refractivity (Wildman–Crippen MR) is 86.7 cm³/mol. The molecule has 0 aromatic heterocycles. The molecule has 2 rings (SSSR count). The van der Waals surface area contributed by atoms with Gasteiger partial charge in [0, 0.05) is 47.5 Å². The molecule has 1 radical (unpaired) electrons. The minimum Gasteiger partial charge on any atom is -0.323 e. The van der Waals surface area contributed by atoms with Crippen molar-refractivity contribution in [3.8, 4) is 0 Å². The van der Waals surface area contributed by atoms with Crippen LogP contribution in [0.3, 0.4) is 0 Å². The summed E-state index contributed by atoms with van der Waals surface area (Å²) < 4.78 is 18.3. The van der Waals surface area contributed by atoms with E-state index < -0.39 is 12.9 Å². The summed E-state index contributed by atoms with van der Waals surface area (Å²) in [6.45, 7) is 3.78. The Morgan fingerprint density at radius 1 is 1.00 bits per heavy atom. The zero-order valence-corrected chi connectivity index (χ0v) is 15.7. The SMILES string of the molecule is COP(=O)(C(=O)c1ccccc1)c1cccc(C)c1C.[Na]. The second kappa shape index (κ2) is 7.53. The summed E-state index contributed by atoms with van der Waals surface area (Å²) >= 11 is 0. The van der Waals surface area contributed by atoms with Crippen LogP contribution >= 0.6 is 7.37 Å². The summed E-state index contributed by atoms with van der Waals surface area (Å²) in [5.74, 6) is 0. The molecule has 21 heavy (non-hydrogen) atoms. The molecule has 0 saturated carbocycles. The van der Waals surface area contributed by atoms with E-state index >= 15 is 0 Å². The van der Waals surface area contributed by atoms with E-state index in [1.54, 1.807) is 36.4 Å². The van der Waals surface area contributed by atoms with Crippen LogP contribution in [0.25, 0.3) is 0 Å². The Morgan fingerprint density at radius 3 is 2.19 bits per heavy atom. The average molecular weight is 311 g/mol. The van der Waals surface area contributed by atoms with Gasteiger partial charge in [-0.1, -0.05) is 42.5 Å². The van der Waals surface area contributed by atoms with Gasteiger partial charge >= 0.3 is 7.37 Å². The van der Waals surface area contributed by atoms with Crippen LogP contribution in [0, 0.1) is 13.8 Å². The summed E-state index contributed by atoms with van der Waals surface area (Å²) in [6, 6.07) is 14.0. The van der Waals surface area contributed by atoms with Crippen molar-refractivity contribution in [3.63, 3.8) is 0 Å². The van der Waals surface area contributed by atoms with Crippen molar-refractivity contribution < 1.29 is 13.9 Å². The summed E-state index contributed by atoms with van der Waals surface area (Å²) in [4.78, 5) is 12.6. The predicted octanol–water partition coefficient (Wildman–Crippen LogP) is 3.31. The van der Waals surface area contributed by atoms with E-state index in [-0.39, 0.29) is 29.6 Å². The van der Waals surface area contributed by atoms with Crippen LogP contribution in [0.4, 0.5) is 0 Å². The molecule has 0 fully saturated rings. The zero-order valence-electron chi connectivity index (χ0n) is 12.8. The van der Waals surface area contributed by atoms with Crippen LogP contribution in [-0.2, 0) is 9.09 Å². The van der Waals surface area contributed by atoms with Crippen molar-refractivity contribution in [2.24, 2.45) is 0 Å². The molecule has 0 spiro atoms. The monoisotopic (exact) mass is 311 g/mol. The Balaban J connectivity index is 0.00000220. The van der Waals surface area contributed by atoms with Gasteiger partial charge in [-0.2, -0.15) is 0 Å². The maximum absolute atomic E-state index is 13.1. The molecular formula is C16H17NaO3P. The van der Waals surface area contributed by atoms with Crippen molar-refractivity contribution >= 4 is 47.8 Å². The Labute approximate surface area is 147 Å². The third kappa shape index (κ3) is 3.56. The van der Waals surface area contributed by atoms with Crippen molar-refractivity contribution in [2.75, 3.05) is 7.11 Å². The van der Waals surface area contributed by atoms with Gasteiger partial charge in [0.1, 0.15) is 0 Å². The van der Waals surface area contributed by atoms with Crippen LogP contribution in [0.2, 0.25) is 0 Å². The molecule has 0 aliphatic carbocycles. The van der Waals surface area contributed by atoms with Crippen molar-refractivity contribution in [1.82, 2.24) is 0 Å². The molecule has 0 saturated heterocycles. The van der Waals surface area contributed by atoms with E-state index in [0.29, 0.717) is 10.9 Å². The number of aryl methyl sites for hydroxylation is 1. The molecule has 0 bridgehead atoms. The number of benzene rings is 2. The molecule has 0 heterocycles. The standard InChI is InChI=1S/C16H17O3P.Na/c1-12-8-7-11-15(13(12)2)20(18,19-3)16(17)14-9-5-4-6-10-14;/h4-11H,1-3H3;. The number of rotatable bonds is 4. The van der Waals surface area contributed by atoms with Gasteiger partial charge in [0.25, 0.3) is 5.52 Å². The van der Waals surface area contributed by atoms with Crippen LogP contribution in [0.15, 0.2) is 48.5 Å². The topological polar surface area (TPSA) is 43.4 Å². The Kier molecular flexibility index (Phi) is 6.58. The van der Waals surface area contributed by atoms with Crippen LogP contribution in [0.5, 0.6) is 0 Å². The van der Waals surface area contributed by atoms with Gasteiger partial charge in [-0.15, -0.1) is 0 Å². The van der Waals surface area contributed by atoms with Gasteiger partial charge in [-0.25, -0.2) is 0 Å². The van der Waals surface area contributed by atoms with Crippen LogP contribution < -0.4 is 5.30 Å². The molecule has 105 valence electrons. The van der Waals surface area contributed by atoms with E-state index in [2.05, 4.69) is 0 Å².